The predicted molar refractivity (Wildman–Crippen MR) is 81.3 cm³/mol. The summed E-state index contributed by atoms with van der Waals surface area (Å²) in [7, 11) is 1.37. The molecular weight excluding hydrogens is 282 g/mol. The summed E-state index contributed by atoms with van der Waals surface area (Å²) in [6.45, 7) is 6.86. The van der Waals surface area contributed by atoms with Crippen LogP contribution in [-0.4, -0.2) is 42.0 Å². The van der Waals surface area contributed by atoms with Crippen LogP contribution in [0.25, 0.3) is 0 Å². The number of barbiturate groups is 1. The van der Waals surface area contributed by atoms with Crippen molar-refractivity contribution in [1.82, 2.24) is 10.2 Å². The van der Waals surface area contributed by atoms with E-state index in [1.54, 1.807) is 0 Å². The Hall–Kier alpha value is -1.72. The van der Waals surface area contributed by atoms with E-state index in [9.17, 15) is 14.4 Å². The summed E-state index contributed by atoms with van der Waals surface area (Å²) in [6, 6.07) is -0.530. The number of urea groups is 1. The lowest BCUT2D eigenvalue weighted by molar-refractivity contribution is -0.138. The third-order valence-corrected chi connectivity index (χ3v) is 6.58. The van der Waals surface area contributed by atoms with Gasteiger partial charge in [0.15, 0.2) is 5.92 Å². The lowest BCUT2D eigenvalue weighted by Gasteiger charge is -2.37. The topological polar surface area (TPSA) is 78.8 Å². The fraction of sp³-hybridized carbons (Fsp3) is 0.750. The summed E-state index contributed by atoms with van der Waals surface area (Å²) in [6.07, 6.45) is 4.83. The van der Waals surface area contributed by atoms with E-state index in [0.717, 1.165) is 17.7 Å². The number of fused-ring (bicyclic) bond motifs is 2. The third kappa shape index (κ3) is 1.85. The van der Waals surface area contributed by atoms with E-state index in [2.05, 4.69) is 31.1 Å². The van der Waals surface area contributed by atoms with Gasteiger partial charge in [0, 0.05) is 13.3 Å². The Bertz CT molecular complexity index is 583. The molecule has 22 heavy (non-hydrogen) atoms. The quantitative estimate of drug-likeness (QED) is 0.621. The summed E-state index contributed by atoms with van der Waals surface area (Å²) in [5.74, 6) is -1.43. The highest BCUT2D eigenvalue weighted by atomic mass is 16.2. The Balaban J connectivity index is 1.79. The summed E-state index contributed by atoms with van der Waals surface area (Å²) in [4.78, 5) is 40.9. The Kier molecular flexibility index (Phi) is 3.20. The minimum atomic E-state index is -0.992. The first-order valence-corrected chi connectivity index (χ1v) is 7.84. The first-order valence-electron chi connectivity index (χ1n) is 7.84. The molecule has 6 heteroatoms. The minimum absolute atomic E-state index is 0.115. The van der Waals surface area contributed by atoms with Gasteiger partial charge in [-0.15, -0.1) is 0 Å². The highest BCUT2D eigenvalue weighted by Crippen LogP contribution is 2.66. The van der Waals surface area contributed by atoms with Crippen molar-refractivity contribution in [3.8, 4) is 0 Å². The number of hydrogen-bond donors (Lipinski definition) is 1. The Labute approximate surface area is 130 Å². The number of rotatable bonds is 2. The SMILES string of the molecule is CN1C(=O)NC(=O)C(C=N[C@@H]2C[C@H]3CC[C@]2(C)C3(C)C)C1=O. The van der Waals surface area contributed by atoms with Crippen molar-refractivity contribution >= 4 is 24.1 Å². The van der Waals surface area contributed by atoms with Gasteiger partial charge in [0.2, 0.25) is 11.8 Å². The number of amides is 4. The maximum atomic E-state index is 12.1. The van der Waals surface area contributed by atoms with Crippen LogP contribution in [0.4, 0.5) is 4.79 Å². The van der Waals surface area contributed by atoms with Gasteiger partial charge in [0.1, 0.15) is 0 Å². The molecule has 1 N–H and O–H groups in total. The first-order chi connectivity index (χ1) is 10.2. The molecular formula is C16H23N3O3. The van der Waals surface area contributed by atoms with Crippen LogP contribution in [0.15, 0.2) is 4.99 Å². The van der Waals surface area contributed by atoms with Crippen molar-refractivity contribution in [2.24, 2.45) is 27.7 Å². The molecule has 6 nitrogen and oxygen atoms in total. The second-order valence-corrected chi connectivity index (χ2v) is 7.59. The summed E-state index contributed by atoms with van der Waals surface area (Å²) < 4.78 is 0. The highest BCUT2D eigenvalue weighted by Gasteiger charge is 2.61. The molecule has 4 amide bonds. The van der Waals surface area contributed by atoms with Crippen LogP contribution < -0.4 is 5.32 Å². The lowest BCUT2D eigenvalue weighted by Crippen LogP contribution is -2.56. The normalized spacial score (nSPS) is 40.6. The van der Waals surface area contributed by atoms with E-state index in [0.29, 0.717) is 5.92 Å². The van der Waals surface area contributed by atoms with Gasteiger partial charge in [-0.25, -0.2) is 4.79 Å². The lowest BCUT2D eigenvalue weighted by atomic mass is 9.69. The summed E-state index contributed by atoms with van der Waals surface area (Å²) >= 11 is 0. The van der Waals surface area contributed by atoms with Crippen molar-refractivity contribution in [3.05, 3.63) is 0 Å². The van der Waals surface area contributed by atoms with Crippen LogP contribution in [0.1, 0.15) is 40.0 Å². The monoisotopic (exact) mass is 305 g/mol. The van der Waals surface area contributed by atoms with Crippen molar-refractivity contribution in [2.45, 2.75) is 46.1 Å². The second kappa shape index (κ2) is 4.64. The average Bonchev–Trinajstić information content (AvgIpc) is 2.78. The van der Waals surface area contributed by atoms with Crippen LogP contribution in [0.2, 0.25) is 0 Å². The van der Waals surface area contributed by atoms with E-state index < -0.39 is 23.8 Å². The predicted octanol–water partition coefficient (Wildman–Crippen LogP) is 1.60. The van der Waals surface area contributed by atoms with Crippen LogP contribution in [0.3, 0.4) is 0 Å². The number of carbonyl (C=O) groups is 3. The molecule has 1 unspecified atom stereocenters. The molecule has 2 saturated carbocycles. The third-order valence-electron chi connectivity index (χ3n) is 6.58. The van der Waals surface area contributed by atoms with Crippen LogP contribution in [0, 0.1) is 22.7 Å². The largest absolute Gasteiger partial charge is 0.330 e. The van der Waals surface area contributed by atoms with Gasteiger partial charge in [0.05, 0.1) is 6.04 Å². The zero-order chi connectivity index (χ0) is 16.3. The van der Waals surface area contributed by atoms with Crippen molar-refractivity contribution in [1.29, 1.82) is 0 Å². The van der Waals surface area contributed by atoms with E-state index in [1.807, 2.05) is 0 Å². The molecule has 2 aliphatic carbocycles. The molecule has 1 saturated heterocycles. The summed E-state index contributed by atoms with van der Waals surface area (Å²) in [5, 5.41) is 2.18. The number of aliphatic imine (C=N–C) groups is 1. The van der Waals surface area contributed by atoms with Crippen molar-refractivity contribution in [2.75, 3.05) is 7.05 Å². The fourth-order valence-electron chi connectivity index (χ4n) is 4.40. The molecule has 0 aromatic rings. The van der Waals surface area contributed by atoms with Gasteiger partial charge < -0.3 is 0 Å². The maximum absolute atomic E-state index is 12.1. The molecule has 3 aliphatic rings. The summed E-state index contributed by atoms with van der Waals surface area (Å²) in [5.41, 5.74) is 0.352. The zero-order valence-corrected chi connectivity index (χ0v) is 13.5. The molecule has 0 aromatic carbocycles. The zero-order valence-electron chi connectivity index (χ0n) is 13.5. The van der Waals surface area contributed by atoms with Gasteiger partial charge in [-0.2, -0.15) is 0 Å². The number of carbonyl (C=O) groups excluding carboxylic acids is 3. The second-order valence-electron chi connectivity index (χ2n) is 7.59. The van der Waals surface area contributed by atoms with E-state index >= 15 is 0 Å². The van der Waals surface area contributed by atoms with Crippen molar-refractivity contribution < 1.29 is 14.4 Å². The Morgan fingerprint density at radius 3 is 2.50 bits per heavy atom. The molecule has 1 heterocycles. The van der Waals surface area contributed by atoms with Gasteiger partial charge in [-0.1, -0.05) is 20.8 Å². The Morgan fingerprint density at radius 1 is 1.27 bits per heavy atom. The van der Waals surface area contributed by atoms with E-state index in [4.69, 9.17) is 0 Å². The van der Waals surface area contributed by atoms with Crippen LogP contribution in [0.5, 0.6) is 0 Å². The van der Waals surface area contributed by atoms with E-state index in [-0.39, 0.29) is 16.9 Å². The van der Waals surface area contributed by atoms with Gasteiger partial charge in [-0.3, -0.25) is 24.8 Å². The fourth-order valence-corrected chi connectivity index (χ4v) is 4.40. The number of nitrogens with one attached hydrogen (secondary N) is 1. The molecule has 0 radical (unpaired) electrons. The molecule has 3 fully saturated rings. The molecule has 0 aromatic heterocycles. The van der Waals surface area contributed by atoms with Gasteiger partial charge in [0.25, 0.3) is 0 Å². The number of hydrogen-bond acceptors (Lipinski definition) is 4. The molecule has 120 valence electrons. The maximum Gasteiger partial charge on any atom is 0.330 e. The molecule has 4 atom stereocenters. The number of imide groups is 2. The van der Waals surface area contributed by atoms with Crippen molar-refractivity contribution in [3.63, 3.8) is 0 Å². The standard InChI is InChI=1S/C16H23N3O3/c1-15(2)9-5-6-16(15,3)11(7-9)17-8-10-12(20)18-14(22)19(4)13(10)21/h8-11H,5-7H2,1-4H3,(H,18,20,22)/t9-,10?,11-,16+/m1/s1. The van der Waals surface area contributed by atoms with Gasteiger partial charge in [-0.05, 0) is 36.0 Å². The first kappa shape index (κ1) is 15.2. The van der Waals surface area contributed by atoms with E-state index in [1.165, 1.54) is 19.7 Å². The van der Waals surface area contributed by atoms with Crippen LogP contribution >= 0.6 is 0 Å². The average molecular weight is 305 g/mol. The molecule has 0 spiro atoms. The van der Waals surface area contributed by atoms with Crippen LogP contribution in [-0.2, 0) is 9.59 Å². The number of nitrogens with zero attached hydrogens (tertiary/aromatic N) is 2. The van der Waals surface area contributed by atoms with Gasteiger partial charge >= 0.3 is 6.03 Å². The molecule has 3 rings (SSSR count). The Morgan fingerprint density at radius 2 is 1.95 bits per heavy atom. The highest BCUT2D eigenvalue weighted by molar-refractivity contribution is 6.23. The smallest absolute Gasteiger partial charge is 0.292 e. The molecule has 2 bridgehead atoms. The molecule has 1 aliphatic heterocycles. The minimum Gasteiger partial charge on any atom is -0.292 e.